The molecule has 0 saturated carbocycles. The molecular formula is C15H18N4O7. The lowest BCUT2D eigenvalue weighted by atomic mass is 10.2. The van der Waals surface area contributed by atoms with E-state index in [0.29, 0.717) is 13.0 Å². The molecule has 3 atom stereocenters. The van der Waals surface area contributed by atoms with Crippen LogP contribution in [0.1, 0.15) is 23.0 Å². The summed E-state index contributed by atoms with van der Waals surface area (Å²) in [7, 11) is 1.24. The lowest BCUT2D eigenvalue weighted by Gasteiger charge is -2.21. The molecule has 2 aromatic heterocycles. The number of H-pyrrole nitrogens is 1. The van der Waals surface area contributed by atoms with E-state index in [1.807, 2.05) is 0 Å². The standard InChI is InChI=1S/C15H18N4O7/c1-22-14(21)7-3-19(12-11(7)13(20)18-15(16)17-12)10-2-8-9(26-10)4-23-5-24-6-25-8/h3,8-10H,2,4-6H2,1H3,(H3,16,17,18,20)/t8?,9-,10-/m1/s1. The van der Waals surface area contributed by atoms with Gasteiger partial charge in [-0.3, -0.25) is 9.78 Å². The van der Waals surface area contributed by atoms with Crippen LogP contribution in [0.25, 0.3) is 11.0 Å². The minimum absolute atomic E-state index is 0.0599. The zero-order valence-corrected chi connectivity index (χ0v) is 14.0. The third-order valence-electron chi connectivity index (χ3n) is 4.41. The smallest absolute Gasteiger partial charge is 0.340 e. The summed E-state index contributed by atoms with van der Waals surface area (Å²) >= 11 is 0. The second kappa shape index (κ2) is 6.68. The molecule has 2 saturated heterocycles. The second-order valence-electron chi connectivity index (χ2n) is 5.97. The van der Waals surface area contributed by atoms with Crippen molar-refractivity contribution in [2.75, 3.05) is 33.0 Å². The fourth-order valence-electron chi connectivity index (χ4n) is 3.25. The van der Waals surface area contributed by atoms with Gasteiger partial charge in [0.05, 0.1) is 30.8 Å². The molecule has 0 bridgehead atoms. The van der Waals surface area contributed by atoms with Crippen molar-refractivity contribution in [3.63, 3.8) is 0 Å². The number of nitrogen functional groups attached to an aromatic ring is 1. The molecule has 0 aromatic carbocycles. The van der Waals surface area contributed by atoms with Crippen molar-refractivity contribution in [3.8, 4) is 0 Å². The van der Waals surface area contributed by atoms with Gasteiger partial charge >= 0.3 is 5.97 Å². The van der Waals surface area contributed by atoms with Crippen molar-refractivity contribution >= 4 is 23.0 Å². The Morgan fingerprint density at radius 3 is 3.04 bits per heavy atom. The highest BCUT2D eigenvalue weighted by molar-refractivity contribution is 6.03. The number of hydrogen-bond acceptors (Lipinski definition) is 9. The number of aromatic amines is 1. The van der Waals surface area contributed by atoms with Crippen LogP contribution in [0.2, 0.25) is 0 Å². The number of esters is 1. The first-order valence-electron chi connectivity index (χ1n) is 7.99. The quantitative estimate of drug-likeness (QED) is 0.687. The molecule has 2 aliphatic rings. The normalized spacial score (nSPS) is 26.3. The minimum Gasteiger partial charge on any atom is -0.465 e. The number of rotatable bonds is 2. The number of carbonyl (C=O) groups is 1. The highest BCUT2D eigenvalue weighted by Gasteiger charge is 2.39. The van der Waals surface area contributed by atoms with E-state index < -0.39 is 17.8 Å². The molecule has 2 aliphatic heterocycles. The first-order valence-corrected chi connectivity index (χ1v) is 7.99. The van der Waals surface area contributed by atoms with Crippen molar-refractivity contribution in [3.05, 3.63) is 22.1 Å². The largest absolute Gasteiger partial charge is 0.465 e. The van der Waals surface area contributed by atoms with E-state index in [-0.39, 0.29) is 48.3 Å². The maximum absolute atomic E-state index is 12.3. The number of methoxy groups -OCH3 is 1. The number of aromatic nitrogens is 3. The maximum atomic E-state index is 12.3. The molecule has 11 nitrogen and oxygen atoms in total. The van der Waals surface area contributed by atoms with Crippen molar-refractivity contribution in [2.24, 2.45) is 0 Å². The van der Waals surface area contributed by atoms with Crippen molar-refractivity contribution in [1.82, 2.24) is 14.5 Å². The lowest BCUT2D eigenvalue weighted by molar-refractivity contribution is -0.200. The zero-order valence-electron chi connectivity index (χ0n) is 14.0. The third-order valence-corrected chi connectivity index (χ3v) is 4.41. The number of carbonyl (C=O) groups excluding carboxylic acids is 1. The van der Waals surface area contributed by atoms with Crippen LogP contribution in [0.15, 0.2) is 11.0 Å². The Labute approximate surface area is 146 Å². The van der Waals surface area contributed by atoms with Gasteiger partial charge in [0, 0.05) is 12.6 Å². The predicted octanol–water partition coefficient (Wildman–Crippen LogP) is -0.272. The van der Waals surface area contributed by atoms with Crippen LogP contribution >= 0.6 is 0 Å². The van der Waals surface area contributed by atoms with Gasteiger partial charge in [-0.2, -0.15) is 4.98 Å². The number of hydrogen-bond donors (Lipinski definition) is 2. The van der Waals surface area contributed by atoms with Gasteiger partial charge < -0.3 is 34.0 Å². The second-order valence-corrected chi connectivity index (χ2v) is 5.97. The van der Waals surface area contributed by atoms with E-state index in [4.69, 9.17) is 29.4 Å². The van der Waals surface area contributed by atoms with Crippen LogP contribution in [0.3, 0.4) is 0 Å². The Morgan fingerprint density at radius 2 is 2.23 bits per heavy atom. The average Bonchev–Trinajstić information content (AvgIpc) is 3.15. The topological polar surface area (TPSA) is 140 Å². The van der Waals surface area contributed by atoms with Gasteiger partial charge in [-0.1, -0.05) is 0 Å². The average molecular weight is 366 g/mol. The van der Waals surface area contributed by atoms with E-state index in [1.165, 1.54) is 13.3 Å². The van der Waals surface area contributed by atoms with Gasteiger partial charge in [0.25, 0.3) is 5.56 Å². The van der Waals surface area contributed by atoms with E-state index in [2.05, 4.69) is 9.97 Å². The molecule has 0 spiro atoms. The van der Waals surface area contributed by atoms with Crippen molar-refractivity contribution in [2.45, 2.75) is 24.9 Å². The van der Waals surface area contributed by atoms with Gasteiger partial charge in [0.2, 0.25) is 5.95 Å². The fourth-order valence-corrected chi connectivity index (χ4v) is 3.25. The summed E-state index contributed by atoms with van der Waals surface area (Å²) < 4.78 is 28.5. The van der Waals surface area contributed by atoms with Crippen molar-refractivity contribution in [1.29, 1.82) is 0 Å². The SMILES string of the molecule is COC(=O)c1cn([C@H]2CC3OCOCOC[C@H]3O2)c2nc(N)[nH]c(=O)c12. The molecule has 1 unspecified atom stereocenters. The van der Waals surface area contributed by atoms with Crippen LogP contribution in [0.5, 0.6) is 0 Å². The molecule has 4 heterocycles. The molecule has 2 fully saturated rings. The van der Waals surface area contributed by atoms with E-state index in [9.17, 15) is 9.59 Å². The molecular weight excluding hydrogens is 348 g/mol. The molecule has 140 valence electrons. The van der Waals surface area contributed by atoms with Crippen LogP contribution < -0.4 is 11.3 Å². The summed E-state index contributed by atoms with van der Waals surface area (Å²) in [5, 5.41) is 0.0967. The Kier molecular flexibility index (Phi) is 4.36. The molecule has 11 heteroatoms. The number of anilines is 1. The summed E-state index contributed by atoms with van der Waals surface area (Å²) in [5.74, 6) is -0.710. The Hall–Kier alpha value is -2.47. The maximum Gasteiger partial charge on any atom is 0.340 e. The number of nitrogens with zero attached hydrogens (tertiary/aromatic N) is 2. The molecule has 26 heavy (non-hydrogen) atoms. The van der Waals surface area contributed by atoms with Crippen LogP contribution in [0.4, 0.5) is 5.95 Å². The zero-order chi connectivity index (χ0) is 18.3. The summed E-state index contributed by atoms with van der Waals surface area (Å²) in [5.41, 5.74) is 5.47. The van der Waals surface area contributed by atoms with Crippen LogP contribution in [-0.2, 0) is 23.7 Å². The number of ether oxygens (including phenoxy) is 5. The Morgan fingerprint density at radius 1 is 1.38 bits per heavy atom. The first kappa shape index (κ1) is 17.0. The predicted molar refractivity (Wildman–Crippen MR) is 86.3 cm³/mol. The molecule has 0 amide bonds. The number of nitrogens with two attached hydrogens (primary N) is 1. The van der Waals surface area contributed by atoms with Gasteiger partial charge in [0.1, 0.15) is 25.9 Å². The van der Waals surface area contributed by atoms with Crippen LogP contribution in [0, 0.1) is 0 Å². The number of fused-ring (bicyclic) bond motifs is 2. The van der Waals surface area contributed by atoms with E-state index in [1.54, 1.807) is 4.57 Å². The lowest BCUT2D eigenvalue weighted by Crippen LogP contribution is -2.32. The fraction of sp³-hybridized carbons (Fsp3) is 0.533. The molecule has 0 radical (unpaired) electrons. The highest BCUT2D eigenvalue weighted by atomic mass is 16.8. The van der Waals surface area contributed by atoms with E-state index in [0.717, 1.165) is 0 Å². The highest BCUT2D eigenvalue weighted by Crippen LogP contribution is 2.34. The molecule has 2 aromatic rings. The first-order chi connectivity index (χ1) is 12.6. The van der Waals surface area contributed by atoms with Crippen molar-refractivity contribution < 1.29 is 28.5 Å². The van der Waals surface area contributed by atoms with Gasteiger partial charge in [-0.15, -0.1) is 0 Å². The van der Waals surface area contributed by atoms with Crippen LogP contribution in [-0.4, -0.2) is 60.0 Å². The summed E-state index contributed by atoms with van der Waals surface area (Å²) in [6.07, 6.45) is 0.886. The summed E-state index contributed by atoms with van der Waals surface area (Å²) in [4.78, 5) is 31.0. The Balaban J connectivity index is 1.77. The summed E-state index contributed by atoms with van der Waals surface area (Å²) in [6.45, 7) is 0.534. The molecule has 0 aliphatic carbocycles. The van der Waals surface area contributed by atoms with E-state index >= 15 is 0 Å². The van der Waals surface area contributed by atoms with Gasteiger partial charge in [-0.05, 0) is 0 Å². The monoisotopic (exact) mass is 366 g/mol. The third kappa shape index (κ3) is 2.84. The minimum atomic E-state index is -0.650. The van der Waals surface area contributed by atoms with Gasteiger partial charge in [-0.25, -0.2) is 4.79 Å². The van der Waals surface area contributed by atoms with Gasteiger partial charge in [0.15, 0.2) is 5.65 Å². The Bertz CT molecular complexity index is 876. The molecule has 3 N–H and O–H groups in total. The summed E-state index contributed by atoms with van der Waals surface area (Å²) in [6, 6.07) is 0. The number of nitrogens with one attached hydrogen (secondary N) is 1. The molecule has 4 rings (SSSR count).